The van der Waals surface area contributed by atoms with Crippen LogP contribution in [0.15, 0.2) is 42.5 Å². The summed E-state index contributed by atoms with van der Waals surface area (Å²) in [6.07, 6.45) is -1.01. The van der Waals surface area contributed by atoms with Crippen molar-refractivity contribution < 1.29 is 27.5 Å². The van der Waals surface area contributed by atoms with Crippen molar-refractivity contribution in [1.82, 2.24) is 10.9 Å². The molecule has 0 fully saturated rings. The Labute approximate surface area is 135 Å². The number of hydrogen-bond donors (Lipinski definition) is 2. The molecule has 2 rings (SSSR count). The molecule has 0 saturated carbocycles. The molecule has 2 aromatic carbocycles. The largest absolute Gasteiger partial charge is 0.481 e. The van der Waals surface area contributed by atoms with Crippen molar-refractivity contribution in [1.29, 1.82) is 0 Å². The second-order valence-electron chi connectivity index (χ2n) is 4.78. The highest BCUT2D eigenvalue weighted by Crippen LogP contribution is 2.13. The Balaban J connectivity index is 1.89. The van der Waals surface area contributed by atoms with Gasteiger partial charge in [-0.15, -0.1) is 0 Å². The Bertz CT molecular complexity index is 751. The molecule has 0 aliphatic heterocycles. The first-order valence-electron chi connectivity index (χ1n) is 6.84. The van der Waals surface area contributed by atoms with Crippen molar-refractivity contribution in [3.05, 3.63) is 65.5 Å². The molecule has 0 radical (unpaired) electrons. The fourth-order valence-corrected chi connectivity index (χ4v) is 1.73. The van der Waals surface area contributed by atoms with E-state index in [9.17, 15) is 22.8 Å². The maximum absolute atomic E-state index is 13.4. The Morgan fingerprint density at radius 2 is 1.58 bits per heavy atom. The SMILES string of the molecule is CC(Oc1ccc(F)cc1)C(=O)NNC(=O)c1ccc(F)cc1F. The van der Waals surface area contributed by atoms with E-state index < -0.39 is 40.9 Å². The first-order chi connectivity index (χ1) is 11.4. The van der Waals surface area contributed by atoms with Gasteiger partial charge in [-0.1, -0.05) is 0 Å². The molecule has 0 heterocycles. The lowest BCUT2D eigenvalue weighted by Crippen LogP contribution is -2.47. The molecule has 0 spiro atoms. The van der Waals surface area contributed by atoms with Crippen LogP contribution in [0.5, 0.6) is 5.75 Å². The van der Waals surface area contributed by atoms with E-state index in [1.807, 2.05) is 5.43 Å². The Kier molecular flexibility index (Phi) is 5.41. The molecular formula is C16H13F3N2O3. The van der Waals surface area contributed by atoms with Gasteiger partial charge in [0.2, 0.25) is 0 Å². The van der Waals surface area contributed by atoms with Gasteiger partial charge in [0.1, 0.15) is 23.2 Å². The number of halogens is 3. The van der Waals surface area contributed by atoms with E-state index in [4.69, 9.17) is 4.74 Å². The summed E-state index contributed by atoms with van der Waals surface area (Å²) in [7, 11) is 0. The Morgan fingerprint density at radius 3 is 2.21 bits per heavy atom. The maximum Gasteiger partial charge on any atom is 0.279 e. The number of benzene rings is 2. The molecule has 126 valence electrons. The minimum absolute atomic E-state index is 0.259. The molecule has 2 amide bonds. The van der Waals surface area contributed by atoms with Gasteiger partial charge < -0.3 is 4.74 Å². The van der Waals surface area contributed by atoms with Crippen molar-refractivity contribution in [3.8, 4) is 5.75 Å². The van der Waals surface area contributed by atoms with Crippen LogP contribution in [0.1, 0.15) is 17.3 Å². The van der Waals surface area contributed by atoms with Gasteiger partial charge in [0, 0.05) is 6.07 Å². The predicted molar refractivity (Wildman–Crippen MR) is 78.5 cm³/mol. The molecule has 1 unspecified atom stereocenters. The van der Waals surface area contributed by atoms with E-state index >= 15 is 0 Å². The number of carbonyl (C=O) groups excluding carboxylic acids is 2. The highest BCUT2D eigenvalue weighted by molar-refractivity contribution is 5.95. The van der Waals surface area contributed by atoms with Crippen LogP contribution >= 0.6 is 0 Å². The quantitative estimate of drug-likeness (QED) is 0.841. The van der Waals surface area contributed by atoms with Gasteiger partial charge in [-0.2, -0.15) is 0 Å². The van der Waals surface area contributed by atoms with Gasteiger partial charge in [0.15, 0.2) is 6.10 Å². The predicted octanol–water partition coefficient (Wildman–Crippen LogP) is 2.33. The van der Waals surface area contributed by atoms with E-state index in [1.165, 1.54) is 31.2 Å². The number of nitrogens with one attached hydrogen (secondary N) is 2. The minimum atomic E-state index is -1.06. The molecule has 5 nitrogen and oxygen atoms in total. The molecule has 8 heteroatoms. The van der Waals surface area contributed by atoms with Crippen LogP contribution in [0.4, 0.5) is 13.2 Å². The molecule has 1 atom stereocenters. The van der Waals surface area contributed by atoms with Crippen LogP contribution < -0.4 is 15.6 Å². The Hall–Kier alpha value is -3.03. The number of ether oxygens (including phenoxy) is 1. The fourth-order valence-electron chi connectivity index (χ4n) is 1.73. The van der Waals surface area contributed by atoms with Crippen molar-refractivity contribution in [3.63, 3.8) is 0 Å². The molecule has 0 saturated heterocycles. The molecule has 24 heavy (non-hydrogen) atoms. The summed E-state index contributed by atoms with van der Waals surface area (Å²) in [5.74, 6) is -3.74. The van der Waals surface area contributed by atoms with Crippen LogP contribution in [0.2, 0.25) is 0 Å². The van der Waals surface area contributed by atoms with E-state index in [-0.39, 0.29) is 5.75 Å². The smallest absolute Gasteiger partial charge is 0.279 e. The summed E-state index contributed by atoms with van der Waals surface area (Å²) >= 11 is 0. The maximum atomic E-state index is 13.4. The van der Waals surface area contributed by atoms with E-state index in [2.05, 4.69) is 5.43 Å². The van der Waals surface area contributed by atoms with Crippen molar-refractivity contribution >= 4 is 11.8 Å². The molecule has 0 bridgehead atoms. The summed E-state index contributed by atoms with van der Waals surface area (Å²) < 4.78 is 44.2. The lowest BCUT2D eigenvalue weighted by Gasteiger charge is -2.15. The van der Waals surface area contributed by atoms with Crippen LogP contribution in [0, 0.1) is 17.5 Å². The second-order valence-corrected chi connectivity index (χ2v) is 4.78. The zero-order valence-corrected chi connectivity index (χ0v) is 12.5. The normalized spacial score (nSPS) is 11.5. The van der Waals surface area contributed by atoms with Gasteiger partial charge in [0.25, 0.3) is 11.8 Å². The van der Waals surface area contributed by atoms with Gasteiger partial charge in [-0.3, -0.25) is 20.4 Å². The lowest BCUT2D eigenvalue weighted by molar-refractivity contribution is -0.128. The average Bonchev–Trinajstić information content (AvgIpc) is 2.54. The van der Waals surface area contributed by atoms with E-state index in [0.29, 0.717) is 6.07 Å². The third kappa shape index (κ3) is 4.48. The van der Waals surface area contributed by atoms with Crippen molar-refractivity contribution in [2.75, 3.05) is 0 Å². The molecule has 2 aromatic rings. The van der Waals surface area contributed by atoms with Gasteiger partial charge in [-0.05, 0) is 43.3 Å². The lowest BCUT2D eigenvalue weighted by atomic mass is 10.2. The highest BCUT2D eigenvalue weighted by Gasteiger charge is 2.17. The first kappa shape index (κ1) is 17.3. The molecule has 0 aliphatic carbocycles. The zero-order valence-electron chi connectivity index (χ0n) is 12.5. The molecule has 2 N–H and O–H groups in total. The summed E-state index contributed by atoms with van der Waals surface area (Å²) in [4.78, 5) is 23.5. The third-order valence-electron chi connectivity index (χ3n) is 2.97. The number of carbonyl (C=O) groups is 2. The standard InChI is InChI=1S/C16H13F3N2O3/c1-9(24-12-5-2-10(17)3-6-12)15(22)20-21-16(23)13-7-4-11(18)8-14(13)19/h2-9H,1H3,(H,20,22)(H,21,23). The van der Waals surface area contributed by atoms with Gasteiger partial charge in [-0.25, -0.2) is 13.2 Å². The average molecular weight is 338 g/mol. The van der Waals surface area contributed by atoms with Crippen LogP contribution in [0.3, 0.4) is 0 Å². The van der Waals surface area contributed by atoms with Gasteiger partial charge >= 0.3 is 0 Å². The monoisotopic (exact) mass is 338 g/mol. The van der Waals surface area contributed by atoms with Crippen LogP contribution in [0.25, 0.3) is 0 Å². The topological polar surface area (TPSA) is 67.4 Å². The zero-order chi connectivity index (χ0) is 17.7. The minimum Gasteiger partial charge on any atom is -0.481 e. The van der Waals surface area contributed by atoms with Crippen LogP contribution in [-0.4, -0.2) is 17.9 Å². The van der Waals surface area contributed by atoms with Crippen LogP contribution in [-0.2, 0) is 4.79 Å². The molecule has 0 aromatic heterocycles. The summed E-state index contributed by atoms with van der Waals surface area (Å²) in [6.45, 7) is 1.41. The molecule has 0 aliphatic rings. The van der Waals surface area contributed by atoms with Crippen molar-refractivity contribution in [2.45, 2.75) is 13.0 Å². The van der Waals surface area contributed by atoms with Gasteiger partial charge in [0.05, 0.1) is 5.56 Å². The summed E-state index contributed by atoms with van der Waals surface area (Å²) in [5, 5.41) is 0. The highest BCUT2D eigenvalue weighted by atomic mass is 19.1. The number of rotatable bonds is 4. The first-order valence-corrected chi connectivity index (χ1v) is 6.84. The number of amides is 2. The third-order valence-corrected chi connectivity index (χ3v) is 2.97. The van der Waals surface area contributed by atoms with Crippen molar-refractivity contribution in [2.24, 2.45) is 0 Å². The Morgan fingerprint density at radius 1 is 0.958 bits per heavy atom. The summed E-state index contributed by atoms with van der Waals surface area (Å²) in [6, 6.07) is 7.43. The number of hydrogen-bond acceptors (Lipinski definition) is 3. The summed E-state index contributed by atoms with van der Waals surface area (Å²) in [5.41, 5.74) is 3.62. The van der Waals surface area contributed by atoms with E-state index in [0.717, 1.165) is 12.1 Å². The molecular weight excluding hydrogens is 325 g/mol. The second kappa shape index (κ2) is 7.49. The van der Waals surface area contributed by atoms with E-state index in [1.54, 1.807) is 0 Å². The fraction of sp³-hybridized carbons (Fsp3) is 0.125. The number of hydrazine groups is 1.